The first kappa shape index (κ1) is 22.1. The molecule has 2 aromatic rings. The summed E-state index contributed by atoms with van der Waals surface area (Å²) in [6.45, 7) is 3.93. The lowest BCUT2D eigenvalue weighted by Gasteiger charge is -2.29. The van der Waals surface area contributed by atoms with Crippen molar-refractivity contribution in [3.63, 3.8) is 0 Å². The summed E-state index contributed by atoms with van der Waals surface area (Å²) < 4.78 is 0. The Morgan fingerprint density at radius 2 is 1.91 bits per heavy atom. The third-order valence-electron chi connectivity index (χ3n) is 5.61. The van der Waals surface area contributed by atoms with E-state index in [4.69, 9.17) is 0 Å². The molecule has 1 N–H and O–H groups in total. The maximum atomic E-state index is 13.2. The molecule has 2 aromatic carbocycles. The van der Waals surface area contributed by atoms with Crippen LogP contribution in [-0.2, 0) is 14.4 Å². The molecular formula is C25H27N3O3S. The molecule has 4 rings (SSSR count). The Bertz CT molecular complexity index is 1050. The summed E-state index contributed by atoms with van der Waals surface area (Å²) in [5, 5.41) is 2.89. The molecule has 2 aliphatic heterocycles. The van der Waals surface area contributed by atoms with Crippen molar-refractivity contribution >= 4 is 41.2 Å². The van der Waals surface area contributed by atoms with E-state index in [9.17, 15) is 14.4 Å². The summed E-state index contributed by atoms with van der Waals surface area (Å²) >= 11 is 1.43. The summed E-state index contributed by atoms with van der Waals surface area (Å²) in [5.41, 5.74) is 2.86. The standard InChI is InChI=1S/C25H27N3O3S/c1-18-9-11-19(12-10-18)16-22-25(31)28(20-6-2-3-7-21(20)32-22)17-23(29)26-13-5-15-27-14-4-8-24(27)30/h2-3,6-7,9-12,16H,4-5,8,13-15,17H2,1H3,(H,26,29). The van der Waals surface area contributed by atoms with Gasteiger partial charge in [0.05, 0.1) is 10.6 Å². The number of nitrogens with zero attached hydrogens (tertiary/aromatic N) is 2. The van der Waals surface area contributed by atoms with Gasteiger partial charge in [-0.05, 0) is 43.5 Å². The molecule has 0 aliphatic carbocycles. The summed E-state index contributed by atoms with van der Waals surface area (Å²) in [6, 6.07) is 15.6. The second-order valence-corrected chi connectivity index (χ2v) is 9.15. The molecule has 0 radical (unpaired) electrons. The fourth-order valence-electron chi connectivity index (χ4n) is 3.87. The number of thioether (sulfide) groups is 1. The Morgan fingerprint density at radius 1 is 1.12 bits per heavy atom. The Morgan fingerprint density at radius 3 is 2.66 bits per heavy atom. The van der Waals surface area contributed by atoms with E-state index >= 15 is 0 Å². The normalized spacial score (nSPS) is 17.1. The predicted molar refractivity (Wildman–Crippen MR) is 127 cm³/mol. The molecule has 0 spiro atoms. The highest BCUT2D eigenvalue weighted by atomic mass is 32.2. The van der Waals surface area contributed by atoms with E-state index in [0.29, 0.717) is 30.8 Å². The third-order valence-corrected chi connectivity index (χ3v) is 6.68. The van der Waals surface area contributed by atoms with Gasteiger partial charge in [-0.25, -0.2) is 0 Å². The van der Waals surface area contributed by atoms with Gasteiger partial charge in [-0.2, -0.15) is 0 Å². The van der Waals surface area contributed by atoms with Crippen molar-refractivity contribution in [2.75, 3.05) is 31.1 Å². The van der Waals surface area contributed by atoms with Gasteiger partial charge in [0.25, 0.3) is 5.91 Å². The van der Waals surface area contributed by atoms with Crippen LogP contribution < -0.4 is 10.2 Å². The van der Waals surface area contributed by atoms with Crippen LogP contribution in [0.3, 0.4) is 0 Å². The number of nitrogens with one attached hydrogen (secondary N) is 1. The summed E-state index contributed by atoms with van der Waals surface area (Å²) in [4.78, 5) is 42.5. The van der Waals surface area contributed by atoms with E-state index in [2.05, 4.69) is 5.32 Å². The number of carbonyl (C=O) groups excluding carboxylic acids is 3. The highest BCUT2D eigenvalue weighted by Crippen LogP contribution is 2.41. The van der Waals surface area contributed by atoms with Crippen molar-refractivity contribution in [3.05, 3.63) is 64.6 Å². The van der Waals surface area contributed by atoms with Crippen LogP contribution in [0.15, 0.2) is 58.3 Å². The fraction of sp³-hybridized carbons (Fsp3) is 0.320. The predicted octanol–water partition coefficient (Wildman–Crippen LogP) is 3.60. The van der Waals surface area contributed by atoms with Gasteiger partial charge < -0.3 is 10.2 Å². The zero-order valence-electron chi connectivity index (χ0n) is 18.2. The second-order valence-electron chi connectivity index (χ2n) is 8.07. The molecule has 0 saturated carbocycles. The smallest absolute Gasteiger partial charge is 0.265 e. The Hall–Kier alpha value is -3.06. The Labute approximate surface area is 192 Å². The topological polar surface area (TPSA) is 69.7 Å². The molecule has 2 aliphatic rings. The van der Waals surface area contributed by atoms with Gasteiger partial charge >= 0.3 is 0 Å². The highest BCUT2D eigenvalue weighted by molar-refractivity contribution is 8.04. The minimum atomic E-state index is -0.206. The van der Waals surface area contributed by atoms with Crippen LogP contribution in [0, 0.1) is 6.92 Å². The van der Waals surface area contributed by atoms with Gasteiger partial charge in [0.15, 0.2) is 0 Å². The van der Waals surface area contributed by atoms with Gasteiger partial charge in [0.2, 0.25) is 11.8 Å². The lowest BCUT2D eigenvalue weighted by Crippen LogP contribution is -2.43. The molecule has 0 unspecified atom stereocenters. The quantitative estimate of drug-likeness (QED) is 0.518. The molecule has 32 heavy (non-hydrogen) atoms. The number of aryl methyl sites for hydroxylation is 1. The second kappa shape index (κ2) is 10.0. The summed E-state index contributed by atoms with van der Waals surface area (Å²) in [7, 11) is 0. The number of benzene rings is 2. The molecule has 6 nitrogen and oxygen atoms in total. The van der Waals surface area contributed by atoms with Gasteiger partial charge in [-0.15, -0.1) is 0 Å². The van der Waals surface area contributed by atoms with E-state index in [1.807, 2.05) is 66.4 Å². The largest absolute Gasteiger partial charge is 0.354 e. The summed E-state index contributed by atoms with van der Waals surface area (Å²) in [5.74, 6) is -0.188. The lowest BCUT2D eigenvalue weighted by atomic mass is 10.1. The maximum absolute atomic E-state index is 13.2. The van der Waals surface area contributed by atoms with E-state index in [0.717, 1.165) is 34.7 Å². The van der Waals surface area contributed by atoms with Crippen LogP contribution in [0.25, 0.3) is 6.08 Å². The number of amides is 3. The minimum Gasteiger partial charge on any atom is -0.354 e. The Balaban J connectivity index is 1.42. The molecule has 7 heteroatoms. The Kier molecular flexibility index (Phi) is 6.95. The number of likely N-dealkylation sites (tertiary alicyclic amines) is 1. The van der Waals surface area contributed by atoms with Crippen LogP contribution in [0.5, 0.6) is 0 Å². The fourth-order valence-corrected chi connectivity index (χ4v) is 4.93. The minimum absolute atomic E-state index is 0.0374. The molecule has 0 aromatic heterocycles. The average Bonchev–Trinajstić information content (AvgIpc) is 3.20. The first-order valence-electron chi connectivity index (χ1n) is 10.9. The zero-order valence-corrected chi connectivity index (χ0v) is 19.0. The number of rotatable bonds is 7. The van der Waals surface area contributed by atoms with E-state index in [1.54, 1.807) is 4.90 Å². The number of hydrogen-bond acceptors (Lipinski definition) is 4. The molecule has 1 fully saturated rings. The highest BCUT2D eigenvalue weighted by Gasteiger charge is 2.30. The summed E-state index contributed by atoms with van der Waals surface area (Å²) in [6.07, 6.45) is 4.12. The van der Waals surface area contributed by atoms with Gasteiger partial charge in [-0.3, -0.25) is 19.3 Å². The van der Waals surface area contributed by atoms with Crippen molar-refractivity contribution in [2.24, 2.45) is 0 Å². The van der Waals surface area contributed by atoms with Crippen LogP contribution in [0.4, 0.5) is 5.69 Å². The number of para-hydroxylation sites is 1. The van der Waals surface area contributed by atoms with Crippen molar-refractivity contribution in [1.82, 2.24) is 10.2 Å². The van der Waals surface area contributed by atoms with Crippen LogP contribution >= 0.6 is 11.8 Å². The van der Waals surface area contributed by atoms with Crippen molar-refractivity contribution in [1.29, 1.82) is 0 Å². The first-order chi connectivity index (χ1) is 15.5. The molecule has 0 bridgehead atoms. The van der Waals surface area contributed by atoms with E-state index in [-0.39, 0.29) is 24.3 Å². The van der Waals surface area contributed by atoms with Crippen LogP contribution in [0.1, 0.15) is 30.4 Å². The molecule has 0 atom stereocenters. The van der Waals surface area contributed by atoms with E-state index in [1.165, 1.54) is 11.8 Å². The number of anilines is 1. The monoisotopic (exact) mass is 449 g/mol. The van der Waals surface area contributed by atoms with Crippen LogP contribution in [0.2, 0.25) is 0 Å². The van der Waals surface area contributed by atoms with Crippen LogP contribution in [-0.4, -0.2) is 48.8 Å². The molecule has 1 saturated heterocycles. The van der Waals surface area contributed by atoms with Gasteiger partial charge in [-0.1, -0.05) is 53.7 Å². The molecular weight excluding hydrogens is 422 g/mol. The lowest BCUT2D eigenvalue weighted by molar-refractivity contribution is -0.127. The van der Waals surface area contributed by atoms with Crippen molar-refractivity contribution in [3.8, 4) is 0 Å². The average molecular weight is 450 g/mol. The van der Waals surface area contributed by atoms with Crippen molar-refractivity contribution in [2.45, 2.75) is 31.1 Å². The number of fused-ring (bicyclic) bond motifs is 1. The van der Waals surface area contributed by atoms with E-state index < -0.39 is 0 Å². The van der Waals surface area contributed by atoms with Gasteiger partial charge in [0.1, 0.15) is 6.54 Å². The van der Waals surface area contributed by atoms with Crippen molar-refractivity contribution < 1.29 is 14.4 Å². The first-order valence-corrected chi connectivity index (χ1v) is 11.7. The van der Waals surface area contributed by atoms with Gasteiger partial charge in [0, 0.05) is 31.0 Å². The molecule has 2 heterocycles. The number of carbonyl (C=O) groups is 3. The number of hydrogen-bond donors (Lipinski definition) is 1. The maximum Gasteiger partial charge on any atom is 0.265 e. The SMILES string of the molecule is Cc1ccc(C=C2Sc3ccccc3N(CC(=O)NCCCN3CCCC3=O)C2=O)cc1. The third kappa shape index (κ3) is 5.22. The zero-order chi connectivity index (χ0) is 22.5. The molecule has 3 amide bonds. The molecule has 166 valence electrons.